The van der Waals surface area contributed by atoms with Gasteiger partial charge in [0.05, 0.1) is 19.3 Å². The number of hydrogen-bond acceptors (Lipinski definition) is 5. The molecule has 1 N–H and O–H groups in total. The van der Waals surface area contributed by atoms with Crippen molar-refractivity contribution in [1.29, 1.82) is 0 Å². The zero-order chi connectivity index (χ0) is 22.2. The molecule has 8 heteroatoms. The van der Waals surface area contributed by atoms with Crippen molar-refractivity contribution in [2.75, 3.05) is 33.4 Å². The van der Waals surface area contributed by atoms with Crippen LogP contribution in [0.3, 0.4) is 0 Å². The van der Waals surface area contributed by atoms with E-state index in [1.165, 1.54) is 7.11 Å². The number of likely N-dealkylation sites (tertiary alicyclic amines) is 1. The molecule has 0 saturated carbocycles. The van der Waals surface area contributed by atoms with Gasteiger partial charge in [0.15, 0.2) is 18.1 Å². The first-order chi connectivity index (χ1) is 15.0. The van der Waals surface area contributed by atoms with Crippen molar-refractivity contribution in [2.45, 2.75) is 25.8 Å². The summed E-state index contributed by atoms with van der Waals surface area (Å²) in [5, 5.41) is 3.48. The highest BCUT2D eigenvalue weighted by atomic mass is 35.5. The Morgan fingerprint density at radius 3 is 2.39 bits per heavy atom. The maximum atomic E-state index is 12.6. The fourth-order valence-electron chi connectivity index (χ4n) is 3.47. The average Bonchev–Trinajstić information content (AvgIpc) is 2.79. The van der Waals surface area contributed by atoms with E-state index in [9.17, 15) is 9.59 Å². The van der Waals surface area contributed by atoms with Gasteiger partial charge in [0.25, 0.3) is 11.8 Å². The highest BCUT2D eigenvalue weighted by Crippen LogP contribution is 2.26. The number of carbonyl (C=O) groups is 2. The van der Waals surface area contributed by atoms with Gasteiger partial charge in [-0.1, -0.05) is 23.7 Å². The first-order valence-electron chi connectivity index (χ1n) is 10.3. The Morgan fingerprint density at radius 2 is 1.74 bits per heavy atom. The van der Waals surface area contributed by atoms with Gasteiger partial charge >= 0.3 is 0 Å². The molecular weight excluding hydrogens is 420 g/mol. The molecule has 1 fully saturated rings. The third kappa shape index (κ3) is 6.04. The van der Waals surface area contributed by atoms with Crippen molar-refractivity contribution in [3.05, 3.63) is 53.1 Å². The van der Waals surface area contributed by atoms with Crippen molar-refractivity contribution in [3.63, 3.8) is 0 Å². The van der Waals surface area contributed by atoms with Crippen molar-refractivity contribution < 1.29 is 23.8 Å². The van der Waals surface area contributed by atoms with Gasteiger partial charge < -0.3 is 24.4 Å². The van der Waals surface area contributed by atoms with Crippen LogP contribution in [0, 0.1) is 0 Å². The van der Waals surface area contributed by atoms with Crippen LogP contribution in [0.4, 0.5) is 0 Å². The number of rotatable bonds is 8. The summed E-state index contributed by atoms with van der Waals surface area (Å²) in [6.45, 7) is 3.46. The number of benzene rings is 2. The first kappa shape index (κ1) is 22.7. The zero-order valence-corrected chi connectivity index (χ0v) is 18.5. The second kappa shape index (κ2) is 10.9. The van der Waals surface area contributed by atoms with E-state index < -0.39 is 0 Å². The number of methoxy groups -OCH3 is 1. The average molecular weight is 447 g/mol. The fourth-order valence-corrected chi connectivity index (χ4v) is 3.64. The molecule has 1 aliphatic heterocycles. The van der Waals surface area contributed by atoms with Gasteiger partial charge in [-0.3, -0.25) is 9.59 Å². The number of halogens is 1. The van der Waals surface area contributed by atoms with Crippen LogP contribution in [0.15, 0.2) is 42.5 Å². The summed E-state index contributed by atoms with van der Waals surface area (Å²) < 4.78 is 16.4. The monoisotopic (exact) mass is 446 g/mol. The summed E-state index contributed by atoms with van der Waals surface area (Å²) in [6.07, 6.45) is 1.33. The van der Waals surface area contributed by atoms with E-state index in [1.807, 2.05) is 25.1 Å². The lowest BCUT2D eigenvalue weighted by atomic mass is 10.0. The van der Waals surface area contributed by atoms with E-state index in [0.717, 1.165) is 0 Å². The van der Waals surface area contributed by atoms with E-state index >= 15 is 0 Å². The number of carbonyl (C=O) groups excluding carboxylic acids is 2. The lowest BCUT2D eigenvalue weighted by Crippen LogP contribution is -2.47. The standard InChI is InChI=1S/C23H27ClN2O5/c1-3-30-20-6-4-5-7-21(20)31-15-22(27)26-12-10-17(11-13-26)25-23(28)18-14-16(24)8-9-19(18)29-2/h4-9,14,17H,3,10-13,15H2,1-2H3,(H,25,28). The van der Waals surface area contributed by atoms with Gasteiger partial charge in [-0.15, -0.1) is 0 Å². The van der Waals surface area contributed by atoms with Crippen LogP contribution in [0.2, 0.25) is 5.02 Å². The predicted molar refractivity (Wildman–Crippen MR) is 118 cm³/mol. The zero-order valence-electron chi connectivity index (χ0n) is 17.7. The van der Waals surface area contributed by atoms with E-state index in [4.69, 9.17) is 25.8 Å². The molecule has 31 heavy (non-hydrogen) atoms. The summed E-state index contributed by atoms with van der Waals surface area (Å²) in [5.74, 6) is 1.32. The van der Waals surface area contributed by atoms with E-state index in [0.29, 0.717) is 60.4 Å². The van der Waals surface area contributed by atoms with Gasteiger partial charge in [-0.05, 0) is 50.1 Å². The van der Waals surface area contributed by atoms with Gasteiger partial charge in [-0.25, -0.2) is 0 Å². The molecule has 0 aliphatic carbocycles. The SMILES string of the molecule is CCOc1ccccc1OCC(=O)N1CCC(NC(=O)c2cc(Cl)ccc2OC)CC1. The summed E-state index contributed by atoms with van der Waals surface area (Å²) >= 11 is 6.02. The smallest absolute Gasteiger partial charge is 0.260 e. The normalized spacial score (nSPS) is 14.1. The largest absolute Gasteiger partial charge is 0.496 e. The number of hydrogen-bond donors (Lipinski definition) is 1. The Labute approximate surface area is 187 Å². The predicted octanol–water partition coefficient (Wildman–Crippen LogP) is 3.55. The van der Waals surface area contributed by atoms with E-state index in [-0.39, 0.29) is 24.5 Å². The van der Waals surface area contributed by atoms with Crippen molar-refractivity contribution in [2.24, 2.45) is 0 Å². The summed E-state index contributed by atoms with van der Waals surface area (Å²) in [6, 6.07) is 12.2. The topological polar surface area (TPSA) is 77.1 Å². The quantitative estimate of drug-likeness (QED) is 0.671. The molecule has 3 rings (SSSR count). The molecule has 0 bridgehead atoms. The van der Waals surface area contributed by atoms with Crippen LogP contribution in [-0.2, 0) is 4.79 Å². The molecule has 1 saturated heterocycles. The highest BCUT2D eigenvalue weighted by molar-refractivity contribution is 6.31. The number of ether oxygens (including phenoxy) is 3. The van der Waals surface area contributed by atoms with Gasteiger partial charge in [-0.2, -0.15) is 0 Å². The summed E-state index contributed by atoms with van der Waals surface area (Å²) in [7, 11) is 1.51. The molecule has 2 aromatic rings. The number of para-hydroxylation sites is 2. The van der Waals surface area contributed by atoms with Crippen molar-refractivity contribution in [3.8, 4) is 17.2 Å². The molecule has 0 unspecified atom stereocenters. The fraction of sp³-hybridized carbons (Fsp3) is 0.391. The minimum atomic E-state index is -0.236. The Morgan fingerprint density at radius 1 is 1.06 bits per heavy atom. The van der Waals surface area contributed by atoms with Crippen molar-refractivity contribution >= 4 is 23.4 Å². The minimum absolute atomic E-state index is 0.0279. The Kier molecular flexibility index (Phi) is 8.00. The maximum Gasteiger partial charge on any atom is 0.260 e. The lowest BCUT2D eigenvalue weighted by molar-refractivity contribution is -0.134. The van der Waals surface area contributed by atoms with Crippen LogP contribution in [0.1, 0.15) is 30.1 Å². The number of piperidine rings is 1. The third-order valence-electron chi connectivity index (χ3n) is 5.09. The first-order valence-corrected chi connectivity index (χ1v) is 10.7. The number of nitrogens with zero attached hydrogens (tertiary/aromatic N) is 1. The van der Waals surface area contributed by atoms with Crippen molar-refractivity contribution in [1.82, 2.24) is 10.2 Å². The maximum absolute atomic E-state index is 12.6. The molecule has 1 heterocycles. The van der Waals surface area contributed by atoms with Crippen LogP contribution in [0.5, 0.6) is 17.2 Å². The molecule has 0 aromatic heterocycles. The molecule has 0 radical (unpaired) electrons. The Balaban J connectivity index is 1.49. The van der Waals surface area contributed by atoms with Crippen LogP contribution in [0.25, 0.3) is 0 Å². The molecule has 2 aromatic carbocycles. The summed E-state index contributed by atoms with van der Waals surface area (Å²) in [4.78, 5) is 27.0. The van der Waals surface area contributed by atoms with E-state index in [2.05, 4.69) is 5.32 Å². The molecule has 0 spiro atoms. The Bertz CT molecular complexity index is 913. The molecule has 0 atom stereocenters. The molecule has 7 nitrogen and oxygen atoms in total. The van der Waals surface area contributed by atoms with Crippen LogP contribution >= 0.6 is 11.6 Å². The van der Waals surface area contributed by atoms with Gasteiger partial charge in [0.1, 0.15) is 5.75 Å². The van der Waals surface area contributed by atoms with E-state index in [1.54, 1.807) is 29.2 Å². The third-order valence-corrected chi connectivity index (χ3v) is 5.32. The number of nitrogens with one attached hydrogen (secondary N) is 1. The second-order valence-electron chi connectivity index (χ2n) is 7.14. The molecule has 1 aliphatic rings. The van der Waals surface area contributed by atoms with Gasteiger partial charge in [0.2, 0.25) is 0 Å². The number of amides is 2. The molecule has 166 valence electrons. The lowest BCUT2D eigenvalue weighted by Gasteiger charge is -2.32. The second-order valence-corrected chi connectivity index (χ2v) is 7.58. The van der Waals surface area contributed by atoms with Crippen LogP contribution < -0.4 is 19.5 Å². The molecular formula is C23H27ClN2O5. The van der Waals surface area contributed by atoms with Gasteiger partial charge in [0, 0.05) is 24.2 Å². The molecule has 2 amide bonds. The Hall–Kier alpha value is -2.93. The highest BCUT2D eigenvalue weighted by Gasteiger charge is 2.25. The van der Waals surface area contributed by atoms with Crippen LogP contribution in [-0.4, -0.2) is 56.2 Å². The summed E-state index contributed by atoms with van der Waals surface area (Å²) in [5.41, 5.74) is 0.398. The minimum Gasteiger partial charge on any atom is -0.496 e.